The summed E-state index contributed by atoms with van der Waals surface area (Å²) in [6.07, 6.45) is 9.85. The number of aromatic nitrogens is 2. The summed E-state index contributed by atoms with van der Waals surface area (Å²) < 4.78 is 0. The van der Waals surface area contributed by atoms with E-state index in [1.807, 2.05) is 13.1 Å². The average Bonchev–Trinajstić information content (AvgIpc) is 2.48. The molecule has 0 saturated heterocycles. The molecule has 2 rings (SSSR count). The molecular weight excluding hydrogens is 246 g/mol. The van der Waals surface area contributed by atoms with Crippen LogP contribution in [0.5, 0.6) is 0 Å². The lowest BCUT2D eigenvalue weighted by atomic mass is 9.77. The summed E-state index contributed by atoms with van der Waals surface area (Å²) in [4.78, 5) is 8.90. The first-order valence-corrected chi connectivity index (χ1v) is 8.27. The summed E-state index contributed by atoms with van der Waals surface area (Å²) in [5.74, 6) is 2.57. The number of hydrogen-bond donors (Lipinski definition) is 1. The quantitative estimate of drug-likeness (QED) is 0.851. The van der Waals surface area contributed by atoms with Crippen molar-refractivity contribution < 1.29 is 0 Å². The molecule has 0 bridgehead atoms. The van der Waals surface area contributed by atoms with Crippen molar-refractivity contribution in [1.29, 1.82) is 0 Å². The van der Waals surface area contributed by atoms with Crippen molar-refractivity contribution in [2.24, 2.45) is 11.8 Å². The molecule has 0 aliphatic heterocycles. The van der Waals surface area contributed by atoms with Crippen LogP contribution in [0.3, 0.4) is 0 Å². The van der Waals surface area contributed by atoms with Gasteiger partial charge in [0.15, 0.2) is 0 Å². The van der Waals surface area contributed by atoms with Gasteiger partial charge in [-0.3, -0.25) is 0 Å². The SMILES string of the molecule is CCCNC(c1ccnc(C)n1)C1CCC(CC)CC1. The zero-order valence-electron chi connectivity index (χ0n) is 13.2. The van der Waals surface area contributed by atoms with Crippen LogP contribution in [0, 0.1) is 18.8 Å². The Balaban J connectivity index is 2.07. The molecule has 1 aromatic heterocycles. The van der Waals surface area contributed by atoms with Crippen LogP contribution in [0.25, 0.3) is 0 Å². The normalized spacial score (nSPS) is 24.6. The van der Waals surface area contributed by atoms with Crippen molar-refractivity contribution in [2.45, 2.75) is 65.3 Å². The molecule has 0 aromatic carbocycles. The van der Waals surface area contributed by atoms with Crippen LogP contribution < -0.4 is 5.32 Å². The minimum atomic E-state index is 0.412. The van der Waals surface area contributed by atoms with Crippen LogP contribution in [0.4, 0.5) is 0 Å². The van der Waals surface area contributed by atoms with Crippen LogP contribution in [0.2, 0.25) is 0 Å². The van der Waals surface area contributed by atoms with E-state index in [9.17, 15) is 0 Å². The van der Waals surface area contributed by atoms with Crippen molar-refractivity contribution in [3.05, 3.63) is 23.8 Å². The van der Waals surface area contributed by atoms with Crippen molar-refractivity contribution in [2.75, 3.05) is 6.54 Å². The van der Waals surface area contributed by atoms with E-state index in [0.29, 0.717) is 6.04 Å². The maximum Gasteiger partial charge on any atom is 0.125 e. The van der Waals surface area contributed by atoms with Crippen LogP contribution in [-0.4, -0.2) is 16.5 Å². The van der Waals surface area contributed by atoms with Gasteiger partial charge in [-0.05, 0) is 50.6 Å². The van der Waals surface area contributed by atoms with E-state index in [2.05, 4.69) is 35.2 Å². The maximum absolute atomic E-state index is 4.67. The highest BCUT2D eigenvalue weighted by Gasteiger charge is 2.28. The fourth-order valence-electron chi connectivity index (χ4n) is 3.39. The molecule has 1 unspecified atom stereocenters. The number of nitrogens with zero attached hydrogens (tertiary/aromatic N) is 2. The zero-order chi connectivity index (χ0) is 14.4. The van der Waals surface area contributed by atoms with E-state index in [1.54, 1.807) is 0 Å². The van der Waals surface area contributed by atoms with E-state index in [1.165, 1.54) is 44.2 Å². The molecule has 1 atom stereocenters. The van der Waals surface area contributed by atoms with Gasteiger partial charge < -0.3 is 5.32 Å². The van der Waals surface area contributed by atoms with Gasteiger partial charge in [0.25, 0.3) is 0 Å². The Kier molecular flexibility index (Phi) is 5.96. The minimum Gasteiger partial charge on any atom is -0.308 e. The predicted octanol–water partition coefficient (Wildman–Crippen LogP) is 4.04. The van der Waals surface area contributed by atoms with Gasteiger partial charge in [0, 0.05) is 6.20 Å². The molecule has 1 heterocycles. The molecule has 20 heavy (non-hydrogen) atoms. The molecule has 1 N–H and O–H groups in total. The van der Waals surface area contributed by atoms with Gasteiger partial charge in [0.05, 0.1) is 11.7 Å². The maximum atomic E-state index is 4.67. The number of aryl methyl sites for hydroxylation is 1. The van der Waals surface area contributed by atoms with Crippen LogP contribution in [-0.2, 0) is 0 Å². The summed E-state index contributed by atoms with van der Waals surface area (Å²) in [5, 5.41) is 3.73. The second-order valence-corrected chi connectivity index (χ2v) is 6.15. The van der Waals surface area contributed by atoms with Crippen molar-refractivity contribution >= 4 is 0 Å². The minimum absolute atomic E-state index is 0.412. The average molecular weight is 275 g/mol. The summed E-state index contributed by atoms with van der Waals surface area (Å²) in [6.45, 7) is 7.60. The van der Waals surface area contributed by atoms with Crippen LogP contribution >= 0.6 is 0 Å². The molecule has 1 fully saturated rings. The zero-order valence-corrected chi connectivity index (χ0v) is 13.2. The van der Waals surface area contributed by atoms with E-state index in [4.69, 9.17) is 0 Å². The largest absolute Gasteiger partial charge is 0.308 e. The highest BCUT2D eigenvalue weighted by atomic mass is 15.0. The Morgan fingerprint density at radius 3 is 2.60 bits per heavy atom. The van der Waals surface area contributed by atoms with Crippen molar-refractivity contribution in [3.8, 4) is 0 Å². The molecule has 0 spiro atoms. The smallest absolute Gasteiger partial charge is 0.125 e. The Labute approximate surface area is 123 Å². The third-order valence-corrected chi connectivity index (χ3v) is 4.67. The van der Waals surface area contributed by atoms with Gasteiger partial charge >= 0.3 is 0 Å². The predicted molar refractivity (Wildman–Crippen MR) is 83.5 cm³/mol. The Bertz CT molecular complexity index is 397. The summed E-state index contributed by atoms with van der Waals surface area (Å²) in [6, 6.07) is 2.50. The molecule has 1 aromatic rings. The standard InChI is InChI=1S/C17H29N3/c1-4-11-19-17(16-10-12-18-13(3)20-16)15-8-6-14(5-2)7-9-15/h10,12,14-15,17,19H,4-9,11H2,1-3H3. The Morgan fingerprint density at radius 2 is 2.00 bits per heavy atom. The third-order valence-electron chi connectivity index (χ3n) is 4.67. The van der Waals surface area contributed by atoms with Crippen LogP contribution in [0.1, 0.15) is 69.9 Å². The van der Waals surface area contributed by atoms with Crippen LogP contribution in [0.15, 0.2) is 12.3 Å². The molecule has 1 aliphatic rings. The fourth-order valence-corrected chi connectivity index (χ4v) is 3.39. The second kappa shape index (κ2) is 7.72. The fraction of sp³-hybridized carbons (Fsp3) is 0.765. The Morgan fingerprint density at radius 1 is 1.25 bits per heavy atom. The summed E-state index contributed by atoms with van der Waals surface area (Å²) in [5.41, 5.74) is 1.19. The monoisotopic (exact) mass is 275 g/mol. The van der Waals surface area contributed by atoms with E-state index in [0.717, 1.165) is 24.2 Å². The first kappa shape index (κ1) is 15.4. The molecule has 112 valence electrons. The third kappa shape index (κ3) is 4.02. The molecule has 1 aliphatic carbocycles. The first-order valence-electron chi connectivity index (χ1n) is 8.27. The number of hydrogen-bond acceptors (Lipinski definition) is 3. The van der Waals surface area contributed by atoms with E-state index < -0.39 is 0 Å². The lowest BCUT2D eigenvalue weighted by Gasteiger charge is -2.34. The van der Waals surface area contributed by atoms with Crippen molar-refractivity contribution in [3.63, 3.8) is 0 Å². The van der Waals surface area contributed by atoms with Crippen molar-refractivity contribution in [1.82, 2.24) is 15.3 Å². The van der Waals surface area contributed by atoms with Gasteiger partial charge in [0.2, 0.25) is 0 Å². The van der Waals surface area contributed by atoms with Gasteiger partial charge in [-0.25, -0.2) is 9.97 Å². The molecule has 0 radical (unpaired) electrons. The Hall–Kier alpha value is -0.960. The molecule has 0 amide bonds. The topological polar surface area (TPSA) is 37.8 Å². The molecular formula is C17H29N3. The van der Waals surface area contributed by atoms with Gasteiger partial charge in [0.1, 0.15) is 5.82 Å². The summed E-state index contributed by atoms with van der Waals surface area (Å²) in [7, 11) is 0. The lowest BCUT2D eigenvalue weighted by molar-refractivity contribution is 0.216. The highest BCUT2D eigenvalue weighted by molar-refractivity contribution is 5.09. The number of rotatable bonds is 6. The van der Waals surface area contributed by atoms with Gasteiger partial charge in [-0.15, -0.1) is 0 Å². The van der Waals surface area contributed by atoms with E-state index in [-0.39, 0.29) is 0 Å². The van der Waals surface area contributed by atoms with Gasteiger partial charge in [-0.1, -0.05) is 33.1 Å². The molecule has 3 heteroatoms. The second-order valence-electron chi connectivity index (χ2n) is 6.15. The molecule has 1 saturated carbocycles. The highest BCUT2D eigenvalue weighted by Crippen LogP contribution is 2.37. The number of nitrogens with one attached hydrogen (secondary N) is 1. The lowest BCUT2D eigenvalue weighted by Crippen LogP contribution is -2.32. The first-order chi connectivity index (χ1) is 9.74. The molecule has 3 nitrogen and oxygen atoms in total. The van der Waals surface area contributed by atoms with Gasteiger partial charge in [-0.2, -0.15) is 0 Å². The summed E-state index contributed by atoms with van der Waals surface area (Å²) >= 11 is 0. The van der Waals surface area contributed by atoms with E-state index >= 15 is 0 Å².